The Balaban J connectivity index is 2.57. The van der Waals surface area contributed by atoms with Crippen molar-refractivity contribution in [2.75, 3.05) is 30.9 Å². The summed E-state index contributed by atoms with van der Waals surface area (Å²) in [7, 11) is 1.51. The van der Waals surface area contributed by atoms with E-state index < -0.39 is 11.2 Å². The molecule has 28 heavy (non-hydrogen) atoms. The molecule has 0 aliphatic heterocycles. The Morgan fingerprint density at radius 2 is 1.89 bits per heavy atom. The Hall–Kier alpha value is -2.87. The quantitative estimate of drug-likeness (QED) is 0.714. The van der Waals surface area contributed by atoms with Crippen molar-refractivity contribution in [3.05, 3.63) is 56.2 Å². The number of aryl methyl sites for hydroxylation is 1. The Bertz CT molecular complexity index is 929. The highest BCUT2D eigenvalue weighted by molar-refractivity contribution is 6.07. The van der Waals surface area contributed by atoms with Crippen molar-refractivity contribution in [1.82, 2.24) is 9.55 Å². The lowest BCUT2D eigenvalue weighted by atomic mass is 10.1. The lowest BCUT2D eigenvalue weighted by molar-refractivity contribution is 0.0975. The lowest BCUT2D eigenvalue weighted by Crippen LogP contribution is -2.42. The summed E-state index contributed by atoms with van der Waals surface area (Å²) < 4.78 is 6.39. The number of rotatable bonds is 8. The van der Waals surface area contributed by atoms with Crippen LogP contribution in [0.1, 0.15) is 36.7 Å². The van der Waals surface area contributed by atoms with Crippen molar-refractivity contribution >= 4 is 17.4 Å². The molecule has 3 N–H and O–H groups in total. The molecule has 152 valence electrons. The molecule has 0 aliphatic carbocycles. The average Bonchev–Trinajstić information content (AvgIpc) is 2.67. The van der Waals surface area contributed by atoms with E-state index in [2.05, 4.69) is 4.98 Å². The second-order valence-electron chi connectivity index (χ2n) is 7.00. The minimum atomic E-state index is -0.697. The number of ether oxygens (including phenoxy) is 1. The van der Waals surface area contributed by atoms with Gasteiger partial charge in [0.15, 0.2) is 5.69 Å². The molecule has 8 nitrogen and oxygen atoms in total. The zero-order valence-electron chi connectivity index (χ0n) is 16.8. The van der Waals surface area contributed by atoms with Crippen molar-refractivity contribution in [3.63, 3.8) is 0 Å². The van der Waals surface area contributed by atoms with E-state index in [-0.39, 0.29) is 36.5 Å². The van der Waals surface area contributed by atoms with Crippen LogP contribution in [0.3, 0.4) is 0 Å². The first-order chi connectivity index (χ1) is 13.3. The number of methoxy groups -OCH3 is 1. The number of carbonyl (C=O) groups excluding carboxylic acids is 1. The van der Waals surface area contributed by atoms with Gasteiger partial charge >= 0.3 is 5.69 Å². The van der Waals surface area contributed by atoms with E-state index in [1.165, 1.54) is 16.6 Å². The molecule has 0 fully saturated rings. The number of nitrogen functional groups attached to an aromatic ring is 1. The van der Waals surface area contributed by atoms with E-state index in [4.69, 9.17) is 10.5 Å². The number of aromatic amines is 1. The highest BCUT2D eigenvalue weighted by atomic mass is 16.5. The van der Waals surface area contributed by atoms with Crippen LogP contribution in [0.5, 0.6) is 0 Å². The zero-order chi connectivity index (χ0) is 20.8. The molecule has 0 aliphatic rings. The summed E-state index contributed by atoms with van der Waals surface area (Å²) in [5, 5.41) is 0. The van der Waals surface area contributed by atoms with Crippen LogP contribution in [-0.2, 0) is 17.7 Å². The van der Waals surface area contributed by atoms with Gasteiger partial charge in [-0.1, -0.05) is 32.9 Å². The molecule has 0 atom stereocenters. The van der Waals surface area contributed by atoms with Crippen LogP contribution >= 0.6 is 0 Å². The fraction of sp³-hybridized carbons (Fsp3) is 0.450. The first-order valence-corrected chi connectivity index (χ1v) is 9.32. The summed E-state index contributed by atoms with van der Waals surface area (Å²) in [4.78, 5) is 41.4. The van der Waals surface area contributed by atoms with E-state index in [0.29, 0.717) is 12.1 Å². The SMILES string of the molecule is CCc1ccc(C(=O)N(CCOC)c2c(N)n(CC(C)C)c(=O)[nH]c2=O)cc1. The first kappa shape index (κ1) is 21.4. The summed E-state index contributed by atoms with van der Waals surface area (Å²) in [5.74, 6) is -0.285. The van der Waals surface area contributed by atoms with Gasteiger partial charge in [-0.15, -0.1) is 0 Å². The van der Waals surface area contributed by atoms with Crippen LogP contribution < -0.4 is 21.9 Å². The molecular weight excluding hydrogens is 360 g/mol. The van der Waals surface area contributed by atoms with E-state index in [9.17, 15) is 14.4 Å². The van der Waals surface area contributed by atoms with Crippen LogP contribution in [0.2, 0.25) is 0 Å². The number of nitrogens with two attached hydrogens (primary N) is 1. The third kappa shape index (κ3) is 4.69. The molecule has 1 amide bonds. The van der Waals surface area contributed by atoms with Crippen LogP contribution in [0.15, 0.2) is 33.9 Å². The summed E-state index contributed by atoms with van der Waals surface area (Å²) in [6, 6.07) is 7.18. The molecule has 0 saturated carbocycles. The third-order valence-electron chi connectivity index (χ3n) is 4.41. The fourth-order valence-electron chi connectivity index (χ4n) is 2.92. The maximum absolute atomic E-state index is 13.1. The zero-order valence-corrected chi connectivity index (χ0v) is 16.8. The maximum Gasteiger partial charge on any atom is 0.330 e. The Morgan fingerprint density at radius 3 is 2.43 bits per heavy atom. The molecule has 1 aromatic carbocycles. The number of nitrogens with one attached hydrogen (secondary N) is 1. The molecule has 2 aromatic rings. The van der Waals surface area contributed by atoms with Gasteiger partial charge in [0.25, 0.3) is 11.5 Å². The number of nitrogens with zero attached hydrogens (tertiary/aromatic N) is 2. The number of amides is 1. The Morgan fingerprint density at radius 1 is 1.25 bits per heavy atom. The maximum atomic E-state index is 13.1. The van der Waals surface area contributed by atoms with Gasteiger partial charge in [0.2, 0.25) is 0 Å². The van der Waals surface area contributed by atoms with E-state index >= 15 is 0 Å². The molecule has 1 heterocycles. The number of aromatic nitrogens is 2. The third-order valence-corrected chi connectivity index (χ3v) is 4.41. The van der Waals surface area contributed by atoms with Crippen molar-refractivity contribution in [2.45, 2.75) is 33.7 Å². The molecule has 0 unspecified atom stereocenters. The highest BCUT2D eigenvalue weighted by Crippen LogP contribution is 2.20. The normalized spacial score (nSPS) is 11.0. The van der Waals surface area contributed by atoms with E-state index in [1.807, 2.05) is 32.9 Å². The molecule has 2 rings (SSSR count). The topological polar surface area (TPSA) is 110 Å². The standard InChI is InChI=1S/C20H28N4O4/c1-5-14-6-8-15(9-7-14)19(26)23(10-11-28-4)16-17(21)24(12-13(2)3)20(27)22-18(16)25/h6-9,13H,5,10-12,21H2,1-4H3,(H,22,25,27). The van der Waals surface area contributed by atoms with Gasteiger partial charge in [-0.05, 0) is 30.0 Å². The largest absolute Gasteiger partial charge is 0.383 e. The Labute approximate surface area is 163 Å². The van der Waals surface area contributed by atoms with Crippen molar-refractivity contribution in [2.24, 2.45) is 5.92 Å². The van der Waals surface area contributed by atoms with Crippen LogP contribution in [0, 0.1) is 5.92 Å². The summed E-state index contributed by atoms with van der Waals surface area (Å²) in [6.07, 6.45) is 0.856. The Kier molecular flexibility index (Phi) is 7.17. The minimum absolute atomic E-state index is 0.0305. The summed E-state index contributed by atoms with van der Waals surface area (Å²) in [5.41, 5.74) is 6.37. The lowest BCUT2D eigenvalue weighted by Gasteiger charge is -2.25. The van der Waals surface area contributed by atoms with Gasteiger partial charge in [0.05, 0.1) is 6.61 Å². The van der Waals surface area contributed by atoms with Crippen LogP contribution in [-0.4, -0.2) is 35.7 Å². The molecule has 0 radical (unpaired) electrons. The number of carbonyl (C=O) groups is 1. The highest BCUT2D eigenvalue weighted by Gasteiger charge is 2.25. The molecule has 0 spiro atoms. The van der Waals surface area contributed by atoms with Gasteiger partial charge in [0.1, 0.15) is 5.82 Å². The number of anilines is 2. The minimum Gasteiger partial charge on any atom is -0.383 e. The molecule has 8 heteroatoms. The molecule has 0 saturated heterocycles. The van der Waals surface area contributed by atoms with Gasteiger partial charge in [-0.2, -0.15) is 0 Å². The summed E-state index contributed by atoms with van der Waals surface area (Å²) >= 11 is 0. The van der Waals surface area contributed by atoms with Gasteiger partial charge < -0.3 is 10.5 Å². The van der Waals surface area contributed by atoms with E-state index in [1.54, 1.807) is 12.1 Å². The number of H-pyrrole nitrogens is 1. The van der Waals surface area contributed by atoms with E-state index in [0.717, 1.165) is 12.0 Å². The monoisotopic (exact) mass is 388 g/mol. The summed E-state index contributed by atoms with van der Waals surface area (Å²) in [6.45, 7) is 6.55. The second-order valence-corrected chi connectivity index (χ2v) is 7.00. The molecule has 1 aromatic heterocycles. The van der Waals surface area contributed by atoms with Crippen molar-refractivity contribution in [1.29, 1.82) is 0 Å². The van der Waals surface area contributed by atoms with Gasteiger partial charge in [0, 0.05) is 25.8 Å². The van der Waals surface area contributed by atoms with Crippen LogP contribution in [0.4, 0.5) is 11.5 Å². The van der Waals surface area contributed by atoms with Crippen molar-refractivity contribution < 1.29 is 9.53 Å². The predicted octanol–water partition coefficient (Wildman–Crippen LogP) is 1.63. The predicted molar refractivity (Wildman–Crippen MR) is 110 cm³/mol. The van der Waals surface area contributed by atoms with Crippen LogP contribution in [0.25, 0.3) is 0 Å². The fourth-order valence-corrected chi connectivity index (χ4v) is 2.92. The van der Waals surface area contributed by atoms with Gasteiger partial charge in [-0.25, -0.2) is 4.79 Å². The average molecular weight is 388 g/mol. The van der Waals surface area contributed by atoms with Gasteiger partial charge in [-0.3, -0.25) is 24.0 Å². The first-order valence-electron chi connectivity index (χ1n) is 9.32. The molecule has 0 bridgehead atoms. The number of hydrogen-bond acceptors (Lipinski definition) is 5. The molecular formula is C20H28N4O4. The van der Waals surface area contributed by atoms with Crippen molar-refractivity contribution in [3.8, 4) is 0 Å². The number of hydrogen-bond donors (Lipinski definition) is 2. The second kappa shape index (κ2) is 9.36. The number of benzene rings is 1. The smallest absolute Gasteiger partial charge is 0.330 e.